The van der Waals surface area contributed by atoms with Crippen LogP contribution in [0.1, 0.15) is 138 Å². The zero-order valence-electron chi connectivity index (χ0n) is 22.0. The summed E-state index contributed by atoms with van der Waals surface area (Å²) in [6.45, 7) is 13.3. The van der Waals surface area contributed by atoms with Gasteiger partial charge in [0.2, 0.25) is 0 Å². The Kier molecular flexibility index (Phi) is 13.2. The second-order valence-corrected chi connectivity index (χ2v) is 10.7. The zero-order chi connectivity index (χ0) is 24.2. The summed E-state index contributed by atoms with van der Waals surface area (Å²) in [7, 11) is 0. The number of hydrogen-bond acceptors (Lipinski definition) is 2. The Balaban J connectivity index is 3.18. The third-order valence-electron chi connectivity index (χ3n) is 8.03. The first-order chi connectivity index (χ1) is 15.2. The predicted octanol–water partition coefficient (Wildman–Crippen LogP) is 9.09. The van der Waals surface area contributed by atoms with Crippen LogP contribution in [0.15, 0.2) is 11.7 Å². The van der Waals surface area contributed by atoms with Gasteiger partial charge in [-0.3, -0.25) is 9.69 Å². The topological polar surface area (TPSA) is 20.3 Å². The van der Waals surface area contributed by atoms with Gasteiger partial charge in [-0.05, 0) is 39.0 Å². The lowest BCUT2D eigenvalue weighted by Crippen LogP contribution is -2.54. The lowest BCUT2D eigenvalue weighted by atomic mass is 9.73. The SMILES string of the molecule is CCCCCCC(C)(CCCCCC)C(=O)[C@@H]1CC(=C(F)F)CN1C(C)(CC)CCCC. The van der Waals surface area contributed by atoms with Crippen LogP contribution in [0.25, 0.3) is 0 Å². The first-order valence-electron chi connectivity index (χ1n) is 13.5. The van der Waals surface area contributed by atoms with E-state index in [9.17, 15) is 13.6 Å². The van der Waals surface area contributed by atoms with E-state index in [1.807, 2.05) is 0 Å². The molecule has 0 aromatic rings. The second kappa shape index (κ2) is 14.5. The average molecular weight is 456 g/mol. The van der Waals surface area contributed by atoms with Gasteiger partial charge in [-0.25, -0.2) is 0 Å². The molecular weight excluding hydrogens is 404 g/mol. The van der Waals surface area contributed by atoms with E-state index in [4.69, 9.17) is 0 Å². The number of Topliss-reactive ketones (excluding diaryl/α,β-unsaturated/α-hetero) is 1. The number of carbonyl (C=O) groups is 1. The van der Waals surface area contributed by atoms with Gasteiger partial charge < -0.3 is 0 Å². The first kappa shape index (κ1) is 29.3. The lowest BCUT2D eigenvalue weighted by molar-refractivity contribution is -0.136. The molecule has 0 N–H and O–H groups in total. The summed E-state index contributed by atoms with van der Waals surface area (Å²) in [4.78, 5) is 16.3. The summed E-state index contributed by atoms with van der Waals surface area (Å²) >= 11 is 0. The van der Waals surface area contributed by atoms with Crippen molar-refractivity contribution in [2.45, 2.75) is 149 Å². The molecule has 1 unspecified atom stereocenters. The Morgan fingerprint density at radius 3 is 1.81 bits per heavy atom. The van der Waals surface area contributed by atoms with E-state index in [0.717, 1.165) is 64.2 Å². The average Bonchev–Trinajstić information content (AvgIpc) is 3.24. The van der Waals surface area contributed by atoms with Crippen LogP contribution >= 0.6 is 0 Å². The minimum atomic E-state index is -1.58. The molecule has 188 valence electrons. The number of likely N-dealkylation sites (tertiary alicyclic amines) is 1. The van der Waals surface area contributed by atoms with E-state index >= 15 is 0 Å². The summed E-state index contributed by atoms with van der Waals surface area (Å²) in [5.74, 6) is 0.220. The highest BCUT2D eigenvalue weighted by Gasteiger charge is 2.48. The van der Waals surface area contributed by atoms with Gasteiger partial charge in [0.1, 0.15) is 0 Å². The van der Waals surface area contributed by atoms with E-state index in [-0.39, 0.29) is 29.9 Å². The molecule has 0 bridgehead atoms. The van der Waals surface area contributed by atoms with Crippen LogP contribution in [-0.4, -0.2) is 28.8 Å². The van der Waals surface area contributed by atoms with Gasteiger partial charge in [0.25, 0.3) is 6.08 Å². The van der Waals surface area contributed by atoms with Crippen molar-refractivity contribution in [3.05, 3.63) is 11.7 Å². The van der Waals surface area contributed by atoms with Crippen molar-refractivity contribution >= 4 is 5.78 Å². The highest BCUT2D eigenvalue weighted by atomic mass is 19.3. The lowest BCUT2D eigenvalue weighted by Gasteiger charge is -2.44. The molecule has 0 radical (unpaired) electrons. The van der Waals surface area contributed by atoms with E-state index < -0.39 is 17.5 Å². The normalized spacial score (nSPS) is 19.4. The van der Waals surface area contributed by atoms with Crippen LogP contribution in [0, 0.1) is 5.41 Å². The fourth-order valence-corrected chi connectivity index (χ4v) is 5.40. The minimum absolute atomic E-state index is 0.179. The molecule has 1 fully saturated rings. The third kappa shape index (κ3) is 8.22. The van der Waals surface area contributed by atoms with Crippen molar-refractivity contribution in [1.82, 2.24) is 4.90 Å². The van der Waals surface area contributed by atoms with Crippen molar-refractivity contribution in [3.63, 3.8) is 0 Å². The van der Waals surface area contributed by atoms with Crippen LogP contribution in [0.5, 0.6) is 0 Å². The second-order valence-electron chi connectivity index (χ2n) is 10.7. The van der Waals surface area contributed by atoms with Crippen LogP contribution in [0.3, 0.4) is 0 Å². The van der Waals surface area contributed by atoms with Crippen molar-refractivity contribution in [1.29, 1.82) is 0 Å². The maximum atomic E-state index is 14.1. The standard InChI is InChI=1S/C28H51F2NO/c1-7-11-14-16-18-27(5,19-17-15-12-8-2)25(32)24-21-23(26(29)30)22-31(24)28(6,10-4)20-13-9-3/h24H,7-22H2,1-6H3/t24-,28?/m0/s1. The Bertz CT molecular complexity index is 572. The molecule has 4 heteroatoms. The largest absolute Gasteiger partial charge is 0.297 e. The summed E-state index contributed by atoms with van der Waals surface area (Å²) < 4.78 is 27.4. The Morgan fingerprint density at radius 1 is 0.844 bits per heavy atom. The summed E-state index contributed by atoms with van der Waals surface area (Å²) in [5, 5.41) is 0. The summed E-state index contributed by atoms with van der Waals surface area (Å²) in [6, 6.07) is -0.407. The van der Waals surface area contributed by atoms with Crippen LogP contribution < -0.4 is 0 Å². The van der Waals surface area contributed by atoms with Gasteiger partial charge >= 0.3 is 0 Å². The number of nitrogens with zero attached hydrogens (tertiary/aromatic N) is 1. The zero-order valence-corrected chi connectivity index (χ0v) is 22.0. The molecule has 0 aromatic heterocycles. The molecule has 0 amide bonds. The van der Waals surface area contributed by atoms with E-state index in [2.05, 4.69) is 46.4 Å². The van der Waals surface area contributed by atoms with Gasteiger partial charge in [0, 0.05) is 23.1 Å². The number of carbonyl (C=O) groups excluding carboxylic acids is 1. The monoisotopic (exact) mass is 455 g/mol. The van der Waals surface area contributed by atoms with Gasteiger partial charge in [0.15, 0.2) is 5.78 Å². The molecule has 1 rings (SSSR count). The van der Waals surface area contributed by atoms with Crippen LogP contribution in [-0.2, 0) is 4.79 Å². The molecule has 0 spiro atoms. The molecule has 1 aliphatic heterocycles. The number of hydrogen-bond donors (Lipinski definition) is 0. The first-order valence-corrected chi connectivity index (χ1v) is 13.5. The van der Waals surface area contributed by atoms with E-state index in [1.54, 1.807) is 0 Å². The molecule has 2 nitrogen and oxygen atoms in total. The maximum absolute atomic E-state index is 14.1. The molecule has 1 saturated heterocycles. The third-order valence-corrected chi connectivity index (χ3v) is 8.03. The maximum Gasteiger partial charge on any atom is 0.270 e. The van der Waals surface area contributed by atoms with Crippen LogP contribution in [0.2, 0.25) is 0 Å². The Labute approximate surface area is 197 Å². The van der Waals surface area contributed by atoms with Crippen molar-refractivity contribution in [2.75, 3.05) is 6.54 Å². The molecule has 2 atom stereocenters. The molecule has 32 heavy (non-hydrogen) atoms. The predicted molar refractivity (Wildman–Crippen MR) is 133 cm³/mol. The molecule has 1 heterocycles. The van der Waals surface area contributed by atoms with Crippen LogP contribution in [0.4, 0.5) is 8.78 Å². The summed E-state index contributed by atoms with van der Waals surface area (Å²) in [5.41, 5.74) is -0.441. The van der Waals surface area contributed by atoms with E-state index in [1.165, 1.54) is 25.7 Å². The Morgan fingerprint density at radius 2 is 1.38 bits per heavy atom. The summed E-state index contributed by atoms with van der Waals surface area (Å²) in [6.07, 6.45) is 13.5. The van der Waals surface area contributed by atoms with Gasteiger partial charge in [-0.1, -0.05) is 98.8 Å². The minimum Gasteiger partial charge on any atom is -0.297 e. The molecule has 1 aliphatic rings. The Hall–Kier alpha value is -0.770. The fraction of sp³-hybridized carbons (Fsp3) is 0.893. The molecular formula is C28H51F2NO. The van der Waals surface area contributed by atoms with Gasteiger partial charge in [-0.15, -0.1) is 0 Å². The highest BCUT2D eigenvalue weighted by molar-refractivity contribution is 5.90. The van der Waals surface area contributed by atoms with Crippen molar-refractivity contribution in [3.8, 4) is 0 Å². The smallest absolute Gasteiger partial charge is 0.270 e. The number of unbranched alkanes of at least 4 members (excludes halogenated alkanes) is 7. The fourth-order valence-electron chi connectivity index (χ4n) is 5.40. The van der Waals surface area contributed by atoms with Crippen molar-refractivity contribution in [2.24, 2.45) is 5.41 Å². The molecule has 0 saturated carbocycles. The van der Waals surface area contributed by atoms with Gasteiger partial charge in [0.05, 0.1) is 6.04 Å². The molecule has 0 aliphatic carbocycles. The number of halogens is 2. The van der Waals surface area contributed by atoms with Crippen molar-refractivity contribution < 1.29 is 13.6 Å². The highest BCUT2D eigenvalue weighted by Crippen LogP contribution is 2.42. The number of ketones is 1. The number of rotatable bonds is 17. The quantitative estimate of drug-likeness (QED) is 0.204. The van der Waals surface area contributed by atoms with E-state index in [0.29, 0.717) is 0 Å². The molecule has 0 aromatic carbocycles. The van der Waals surface area contributed by atoms with Gasteiger partial charge in [-0.2, -0.15) is 8.78 Å².